The van der Waals surface area contributed by atoms with E-state index in [-0.39, 0.29) is 24.2 Å². The van der Waals surface area contributed by atoms with Crippen molar-refractivity contribution in [2.45, 2.75) is 57.7 Å². The highest BCUT2D eigenvalue weighted by Crippen LogP contribution is 2.29. The van der Waals surface area contributed by atoms with E-state index in [1.54, 1.807) is 29.2 Å². The van der Waals surface area contributed by atoms with E-state index in [2.05, 4.69) is 5.32 Å². The second-order valence-electron chi connectivity index (χ2n) is 7.23. The van der Waals surface area contributed by atoms with Gasteiger partial charge in [-0.2, -0.15) is 0 Å². The maximum absolute atomic E-state index is 12.8. The van der Waals surface area contributed by atoms with Gasteiger partial charge in [-0.05, 0) is 63.8 Å². The van der Waals surface area contributed by atoms with Crippen molar-refractivity contribution < 1.29 is 9.59 Å². The smallest absolute Gasteiger partial charge is 0.253 e. The normalized spacial score (nSPS) is 23.9. The maximum atomic E-state index is 12.8. The minimum Gasteiger partial charge on any atom is -0.339 e. The zero-order valence-corrected chi connectivity index (χ0v) is 16.7. The number of hydrogen-bond acceptors (Lipinski definition) is 3. The predicted octanol–water partition coefficient (Wildman–Crippen LogP) is 2.95. The average Bonchev–Trinajstić information content (AvgIpc) is 2.99. The first-order valence-electron chi connectivity index (χ1n) is 9.46. The summed E-state index contributed by atoms with van der Waals surface area (Å²) >= 11 is 0. The summed E-state index contributed by atoms with van der Waals surface area (Å²) in [7, 11) is 1.91. The van der Waals surface area contributed by atoms with E-state index in [0.29, 0.717) is 42.3 Å². The molecule has 2 aliphatic heterocycles. The molecule has 2 bridgehead atoms. The van der Waals surface area contributed by atoms with E-state index in [4.69, 9.17) is 0 Å². The number of hydrogen-bond donors (Lipinski definition) is 1. The molecule has 0 radical (unpaired) electrons. The fraction of sp³-hybridized carbons (Fsp3) is 0.600. The molecule has 2 atom stereocenters. The summed E-state index contributed by atoms with van der Waals surface area (Å²) in [6, 6.07) is 8.54. The molecule has 2 saturated heterocycles. The number of nitrogens with zero attached hydrogens (tertiary/aromatic N) is 2. The van der Waals surface area contributed by atoms with Crippen LogP contribution >= 0.6 is 12.4 Å². The predicted molar refractivity (Wildman–Crippen MR) is 106 cm³/mol. The van der Waals surface area contributed by atoms with Crippen LogP contribution in [0.2, 0.25) is 0 Å². The van der Waals surface area contributed by atoms with Crippen molar-refractivity contribution in [3.05, 3.63) is 35.4 Å². The number of benzene rings is 1. The van der Waals surface area contributed by atoms with Gasteiger partial charge in [-0.25, -0.2) is 0 Å². The van der Waals surface area contributed by atoms with Gasteiger partial charge in [0.05, 0.1) is 0 Å². The molecule has 0 saturated carbocycles. The van der Waals surface area contributed by atoms with Crippen LogP contribution in [0, 0.1) is 0 Å². The Bertz CT molecular complexity index is 618. The number of piperidine rings is 1. The molecule has 6 heteroatoms. The molecular formula is C20H30ClN3O2. The molecule has 2 aliphatic rings. The van der Waals surface area contributed by atoms with Gasteiger partial charge in [-0.3, -0.25) is 9.59 Å². The standard InChI is InChI=1S/C20H29N3O2.ClH/c1-4-23(5-2)20(25)15-8-6-14(7-9-15)19(24)22(3)18-12-16-10-11-17(13-18)21-16;/h6-9,16-18,21H,4-5,10-13H2,1-3H3;1H. The molecule has 2 amide bonds. The zero-order valence-electron chi connectivity index (χ0n) is 15.9. The van der Waals surface area contributed by atoms with Crippen LogP contribution < -0.4 is 5.32 Å². The van der Waals surface area contributed by atoms with Crippen molar-refractivity contribution in [3.8, 4) is 0 Å². The summed E-state index contributed by atoms with van der Waals surface area (Å²) in [5.74, 6) is 0.0698. The SMILES string of the molecule is CCN(CC)C(=O)c1ccc(C(=O)N(C)C2CC3CCC(C2)N3)cc1.Cl. The van der Waals surface area contributed by atoms with E-state index in [1.807, 2.05) is 25.8 Å². The third kappa shape index (κ3) is 4.21. The Morgan fingerprint density at radius 3 is 1.88 bits per heavy atom. The highest BCUT2D eigenvalue weighted by atomic mass is 35.5. The van der Waals surface area contributed by atoms with Gasteiger partial charge in [0.2, 0.25) is 0 Å². The van der Waals surface area contributed by atoms with Gasteiger partial charge in [-0.1, -0.05) is 0 Å². The summed E-state index contributed by atoms with van der Waals surface area (Å²) in [4.78, 5) is 28.9. The molecule has 2 heterocycles. The molecule has 1 aromatic rings. The first kappa shape index (κ1) is 20.7. The molecule has 0 spiro atoms. The maximum Gasteiger partial charge on any atom is 0.253 e. The van der Waals surface area contributed by atoms with Crippen molar-refractivity contribution in [3.63, 3.8) is 0 Å². The van der Waals surface area contributed by atoms with Crippen molar-refractivity contribution in [2.24, 2.45) is 0 Å². The molecule has 144 valence electrons. The van der Waals surface area contributed by atoms with Crippen LogP contribution in [0.15, 0.2) is 24.3 Å². The van der Waals surface area contributed by atoms with Crippen LogP contribution in [0.3, 0.4) is 0 Å². The Morgan fingerprint density at radius 2 is 1.42 bits per heavy atom. The molecule has 0 aliphatic carbocycles. The number of carbonyl (C=O) groups is 2. The molecule has 1 aromatic carbocycles. The highest BCUT2D eigenvalue weighted by molar-refractivity contribution is 5.97. The van der Waals surface area contributed by atoms with E-state index < -0.39 is 0 Å². The lowest BCUT2D eigenvalue weighted by molar-refractivity contribution is 0.0680. The number of rotatable bonds is 5. The van der Waals surface area contributed by atoms with Gasteiger partial charge in [0.15, 0.2) is 0 Å². The van der Waals surface area contributed by atoms with Crippen LogP contribution in [0.4, 0.5) is 0 Å². The fourth-order valence-electron chi connectivity index (χ4n) is 4.16. The first-order valence-corrected chi connectivity index (χ1v) is 9.46. The Kier molecular flexibility index (Phi) is 7.07. The van der Waals surface area contributed by atoms with Gasteiger partial charge < -0.3 is 15.1 Å². The van der Waals surface area contributed by atoms with E-state index in [1.165, 1.54) is 12.8 Å². The zero-order chi connectivity index (χ0) is 18.0. The van der Waals surface area contributed by atoms with Crippen LogP contribution in [0.1, 0.15) is 60.2 Å². The molecule has 0 aromatic heterocycles. The van der Waals surface area contributed by atoms with Gasteiger partial charge >= 0.3 is 0 Å². The van der Waals surface area contributed by atoms with Gasteiger partial charge in [0.1, 0.15) is 0 Å². The lowest BCUT2D eigenvalue weighted by atomic mass is 9.98. The van der Waals surface area contributed by atoms with Crippen molar-refractivity contribution >= 4 is 24.2 Å². The average molecular weight is 380 g/mol. The van der Waals surface area contributed by atoms with Gasteiger partial charge in [0.25, 0.3) is 11.8 Å². The number of halogens is 1. The second-order valence-corrected chi connectivity index (χ2v) is 7.23. The lowest BCUT2D eigenvalue weighted by Gasteiger charge is -2.35. The minimum atomic E-state index is 0. The van der Waals surface area contributed by atoms with Crippen LogP contribution in [-0.2, 0) is 0 Å². The quantitative estimate of drug-likeness (QED) is 0.855. The van der Waals surface area contributed by atoms with Crippen molar-refractivity contribution in [1.82, 2.24) is 15.1 Å². The molecule has 2 fully saturated rings. The molecule has 5 nitrogen and oxygen atoms in total. The summed E-state index contributed by atoms with van der Waals surface area (Å²) in [5.41, 5.74) is 1.30. The number of nitrogens with one attached hydrogen (secondary N) is 1. The molecule has 2 unspecified atom stereocenters. The Morgan fingerprint density at radius 1 is 0.962 bits per heavy atom. The summed E-state index contributed by atoms with van der Waals surface area (Å²) in [5, 5.41) is 3.62. The number of fused-ring (bicyclic) bond motifs is 2. The molecule has 3 rings (SSSR count). The van der Waals surface area contributed by atoms with E-state index in [9.17, 15) is 9.59 Å². The Balaban J connectivity index is 0.00000243. The fourth-order valence-corrected chi connectivity index (χ4v) is 4.16. The first-order chi connectivity index (χ1) is 12.0. The van der Waals surface area contributed by atoms with Crippen molar-refractivity contribution in [2.75, 3.05) is 20.1 Å². The third-order valence-corrected chi connectivity index (χ3v) is 5.75. The summed E-state index contributed by atoms with van der Waals surface area (Å²) < 4.78 is 0. The second kappa shape index (κ2) is 8.87. The summed E-state index contributed by atoms with van der Waals surface area (Å²) in [6.07, 6.45) is 4.53. The Labute approximate surface area is 162 Å². The lowest BCUT2D eigenvalue weighted by Crippen LogP contribution is -2.48. The molecule has 1 N–H and O–H groups in total. The van der Waals surface area contributed by atoms with Gasteiger partial charge in [0, 0.05) is 49.4 Å². The third-order valence-electron chi connectivity index (χ3n) is 5.75. The topological polar surface area (TPSA) is 52.7 Å². The molecule has 26 heavy (non-hydrogen) atoms. The van der Waals surface area contributed by atoms with Crippen LogP contribution in [-0.4, -0.2) is 59.9 Å². The Hall–Kier alpha value is -1.59. The number of amides is 2. The van der Waals surface area contributed by atoms with Crippen LogP contribution in [0.5, 0.6) is 0 Å². The highest BCUT2D eigenvalue weighted by Gasteiger charge is 2.36. The monoisotopic (exact) mass is 379 g/mol. The largest absolute Gasteiger partial charge is 0.339 e. The van der Waals surface area contributed by atoms with Gasteiger partial charge in [-0.15, -0.1) is 12.4 Å². The molecular weight excluding hydrogens is 350 g/mol. The minimum absolute atomic E-state index is 0. The van der Waals surface area contributed by atoms with Crippen molar-refractivity contribution in [1.29, 1.82) is 0 Å². The van der Waals surface area contributed by atoms with E-state index in [0.717, 1.165) is 12.8 Å². The summed E-state index contributed by atoms with van der Waals surface area (Å²) in [6.45, 7) is 5.33. The number of carbonyl (C=O) groups excluding carboxylic acids is 2. The van der Waals surface area contributed by atoms with Crippen LogP contribution in [0.25, 0.3) is 0 Å². The van der Waals surface area contributed by atoms with E-state index >= 15 is 0 Å².